The van der Waals surface area contributed by atoms with Gasteiger partial charge in [-0.05, 0) is 31.9 Å². The van der Waals surface area contributed by atoms with Crippen LogP contribution in [-0.4, -0.2) is 42.3 Å². The molecule has 0 aliphatic carbocycles. The quantitative estimate of drug-likeness (QED) is 0.834. The number of nitrogens with zero attached hydrogens (tertiary/aromatic N) is 3. The molecular formula is C18H25N5O2. The number of methoxy groups -OCH3 is 1. The van der Waals surface area contributed by atoms with Crippen molar-refractivity contribution in [2.24, 2.45) is 0 Å². The maximum atomic E-state index is 5.49. The smallest absolute Gasteiger partial charge is 0.224 e. The van der Waals surface area contributed by atoms with Crippen molar-refractivity contribution in [3.63, 3.8) is 0 Å². The standard InChI is InChI=1S/C18H25N5O2/c1-11-7-12(2)21-17(24-4)14(11)9-20-16-8-15(13-5-6-25-10-13)22-18(19-3)23-16/h7-8,13H,5-6,9-10H2,1-4H3,(H2,19,20,22,23)/t13-/m1/s1. The van der Waals surface area contributed by atoms with Crippen LogP contribution in [0.3, 0.4) is 0 Å². The van der Waals surface area contributed by atoms with E-state index in [9.17, 15) is 0 Å². The minimum Gasteiger partial charge on any atom is -0.481 e. The molecule has 1 aliphatic rings. The molecule has 0 saturated carbocycles. The van der Waals surface area contributed by atoms with Gasteiger partial charge in [0.25, 0.3) is 0 Å². The molecule has 2 aromatic rings. The Morgan fingerprint density at radius 1 is 1.24 bits per heavy atom. The Labute approximate surface area is 148 Å². The third-order valence-electron chi connectivity index (χ3n) is 4.39. The van der Waals surface area contributed by atoms with E-state index in [0.29, 0.717) is 30.9 Å². The zero-order valence-electron chi connectivity index (χ0n) is 15.2. The van der Waals surface area contributed by atoms with Crippen LogP contribution in [0, 0.1) is 13.8 Å². The SMILES string of the molecule is CNc1nc(NCc2c(C)cc(C)nc2OC)cc([C@@H]2CCOC2)n1. The molecule has 2 N–H and O–H groups in total. The molecule has 1 atom stereocenters. The summed E-state index contributed by atoms with van der Waals surface area (Å²) >= 11 is 0. The van der Waals surface area contributed by atoms with Gasteiger partial charge in [0.1, 0.15) is 5.82 Å². The van der Waals surface area contributed by atoms with E-state index in [4.69, 9.17) is 9.47 Å². The topological polar surface area (TPSA) is 81.2 Å². The van der Waals surface area contributed by atoms with Crippen LogP contribution in [0.1, 0.15) is 34.9 Å². The van der Waals surface area contributed by atoms with Gasteiger partial charge in [-0.3, -0.25) is 0 Å². The number of hydrogen-bond donors (Lipinski definition) is 2. The van der Waals surface area contributed by atoms with Crippen LogP contribution in [-0.2, 0) is 11.3 Å². The first-order chi connectivity index (χ1) is 12.1. The van der Waals surface area contributed by atoms with E-state index < -0.39 is 0 Å². The summed E-state index contributed by atoms with van der Waals surface area (Å²) in [7, 11) is 3.47. The summed E-state index contributed by atoms with van der Waals surface area (Å²) in [6.45, 7) is 6.12. The second-order valence-corrected chi connectivity index (χ2v) is 6.23. The van der Waals surface area contributed by atoms with Crippen molar-refractivity contribution in [2.75, 3.05) is 38.0 Å². The second kappa shape index (κ2) is 7.65. The zero-order chi connectivity index (χ0) is 17.8. The summed E-state index contributed by atoms with van der Waals surface area (Å²) < 4.78 is 10.9. The molecule has 7 heteroatoms. The number of aryl methyl sites for hydroxylation is 2. The largest absolute Gasteiger partial charge is 0.481 e. The maximum Gasteiger partial charge on any atom is 0.224 e. The van der Waals surface area contributed by atoms with E-state index in [1.165, 1.54) is 0 Å². The molecule has 0 radical (unpaired) electrons. The lowest BCUT2D eigenvalue weighted by atomic mass is 10.0. The van der Waals surface area contributed by atoms with Gasteiger partial charge in [-0.15, -0.1) is 0 Å². The van der Waals surface area contributed by atoms with Gasteiger partial charge in [-0.1, -0.05) is 0 Å². The predicted molar refractivity (Wildman–Crippen MR) is 97.3 cm³/mol. The summed E-state index contributed by atoms with van der Waals surface area (Å²) in [6, 6.07) is 4.06. The van der Waals surface area contributed by atoms with Crippen LogP contribution in [0.25, 0.3) is 0 Å². The number of rotatable bonds is 6. The summed E-state index contributed by atoms with van der Waals surface area (Å²) in [5, 5.41) is 6.41. The van der Waals surface area contributed by atoms with Crippen LogP contribution >= 0.6 is 0 Å². The normalized spacial score (nSPS) is 16.7. The van der Waals surface area contributed by atoms with Gasteiger partial charge in [0.15, 0.2) is 0 Å². The lowest BCUT2D eigenvalue weighted by molar-refractivity contribution is 0.193. The van der Waals surface area contributed by atoms with E-state index in [1.54, 1.807) is 7.11 Å². The summed E-state index contributed by atoms with van der Waals surface area (Å²) in [4.78, 5) is 13.5. The summed E-state index contributed by atoms with van der Waals surface area (Å²) in [5.41, 5.74) is 4.12. The van der Waals surface area contributed by atoms with E-state index in [0.717, 1.165) is 41.4 Å². The van der Waals surface area contributed by atoms with Crippen molar-refractivity contribution in [2.45, 2.75) is 32.7 Å². The highest BCUT2D eigenvalue weighted by Crippen LogP contribution is 2.27. The van der Waals surface area contributed by atoms with Crippen molar-refractivity contribution in [1.82, 2.24) is 15.0 Å². The van der Waals surface area contributed by atoms with Crippen molar-refractivity contribution in [3.05, 3.63) is 34.6 Å². The lowest BCUT2D eigenvalue weighted by Crippen LogP contribution is -2.11. The monoisotopic (exact) mass is 343 g/mol. The van der Waals surface area contributed by atoms with Gasteiger partial charge < -0.3 is 20.1 Å². The molecule has 0 spiro atoms. The lowest BCUT2D eigenvalue weighted by Gasteiger charge is -2.15. The molecule has 134 valence electrons. The average Bonchev–Trinajstić information content (AvgIpc) is 3.14. The van der Waals surface area contributed by atoms with Gasteiger partial charge in [0.2, 0.25) is 11.8 Å². The number of nitrogens with one attached hydrogen (secondary N) is 2. The first-order valence-corrected chi connectivity index (χ1v) is 8.50. The Bertz CT molecular complexity index is 744. The molecule has 25 heavy (non-hydrogen) atoms. The molecule has 3 rings (SSSR count). The molecule has 0 bridgehead atoms. The van der Waals surface area contributed by atoms with Crippen LogP contribution in [0.5, 0.6) is 5.88 Å². The molecule has 0 unspecified atom stereocenters. The molecule has 7 nitrogen and oxygen atoms in total. The number of anilines is 2. The second-order valence-electron chi connectivity index (χ2n) is 6.23. The van der Waals surface area contributed by atoms with Crippen molar-refractivity contribution < 1.29 is 9.47 Å². The molecule has 1 saturated heterocycles. The highest BCUT2D eigenvalue weighted by atomic mass is 16.5. The highest BCUT2D eigenvalue weighted by Gasteiger charge is 2.21. The predicted octanol–water partition coefficient (Wildman–Crippen LogP) is 2.65. The number of pyridine rings is 1. The fourth-order valence-corrected chi connectivity index (χ4v) is 3.04. The average molecular weight is 343 g/mol. The van der Waals surface area contributed by atoms with E-state index in [-0.39, 0.29) is 0 Å². The number of hydrogen-bond acceptors (Lipinski definition) is 7. The van der Waals surface area contributed by atoms with Crippen molar-refractivity contribution in [1.29, 1.82) is 0 Å². The van der Waals surface area contributed by atoms with Crippen LogP contribution in [0.2, 0.25) is 0 Å². The first-order valence-electron chi connectivity index (χ1n) is 8.50. The third-order valence-corrected chi connectivity index (χ3v) is 4.39. The number of ether oxygens (including phenoxy) is 2. The summed E-state index contributed by atoms with van der Waals surface area (Å²) in [5.74, 6) is 2.37. The third kappa shape index (κ3) is 3.99. The Morgan fingerprint density at radius 2 is 2.08 bits per heavy atom. The Kier molecular flexibility index (Phi) is 5.33. The van der Waals surface area contributed by atoms with E-state index >= 15 is 0 Å². The molecular weight excluding hydrogens is 318 g/mol. The van der Waals surface area contributed by atoms with Crippen molar-refractivity contribution >= 4 is 11.8 Å². The maximum absolute atomic E-state index is 5.49. The molecule has 2 aromatic heterocycles. The van der Waals surface area contributed by atoms with Gasteiger partial charge >= 0.3 is 0 Å². The van der Waals surface area contributed by atoms with Crippen LogP contribution in [0.15, 0.2) is 12.1 Å². The molecule has 0 amide bonds. The van der Waals surface area contributed by atoms with Gasteiger partial charge in [0, 0.05) is 43.4 Å². The molecule has 1 fully saturated rings. The fourth-order valence-electron chi connectivity index (χ4n) is 3.04. The zero-order valence-corrected chi connectivity index (χ0v) is 15.2. The van der Waals surface area contributed by atoms with Gasteiger partial charge in [-0.25, -0.2) is 9.97 Å². The van der Waals surface area contributed by atoms with Gasteiger partial charge in [-0.2, -0.15) is 4.98 Å². The molecule has 3 heterocycles. The molecule has 0 aromatic carbocycles. The minimum atomic E-state index is 0.327. The Balaban J connectivity index is 1.82. The van der Waals surface area contributed by atoms with E-state index in [1.807, 2.05) is 20.0 Å². The number of aromatic nitrogens is 3. The summed E-state index contributed by atoms with van der Waals surface area (Å²) in [6.07, 6.45) is 0.994. The van der Waals surface area contributed by atoms with Gasteiger partial charge in [0.05, 0.1) is 19.4 Å². The first kappa shape index (κ1) is 17.4. The van der Waals surface area contributed by atoms with Crippen LogP contribution in [0.4, 0.5) is 11.8 Å². The Hall–Kier alpha value is -2.41. The van der Waals surface area contributed by atoms with E-state index in [2.05, 4.69) is 38.6 Å². The van der Waals surface area contributed by atoms with Crippen LogP contribution < -0.4 is 15.4 Å². The molecule has 1 aliphatic heterocycles. The van der Waals surface area contributed by atoms with Crippen molar-refractivity contribution in [3.8, 4) is 5.88 Å². The fraction of sp³-hybridized carbons (Fsp3) is 0.500. The minimum absolute atomic E-state index is 0.327. The Morgan fingerprint density at radius 3 is 2.76 bits per heavy atom. The highest BCUT2D eigenvalue weighted by molar-refractivity contribution is 5.45.